The van der Waals surface area contributed by atoms with Crippen molar-refractivity contribution in [3.05, 3.63) is 40.9 Å². The van der Waals surface area contributed by atoms with Gasteiger partial charge in [0, 0.05) is 19.6 Å². The van der Waals surface area contributed by atoms with Crippen LogP contribution in [0.25, 0.3) is 5.69 Å². The molecule has 26 heavy (non-hydrogen) atoms. The first kappa shape index (κ1) is 18.6. The fourth-order valence-electron chi connectivity index (χ4n) is 2.98. The van der Waals surface area contributed by atoms with Gasteiger partial charge in [-0.1, -0.05) is 16.8 Å². The molecule has 6 nitrogen and oxygen atoms in total. The molecule has 1 saturated heterocycles. The molecule has 0 spiro atoms. The molecule has 1 aliphatic rings. The first-order chi connectivity index (χ1) is 12.1. The van der Waals surface area contributed by atoms with Gasteiger partial charge in [0.2, 0.25) is 0 Å². The average molecular weight is 393 g/mol. The smallest absolute Gasteiger partial charge is 0.393 e. The Balaban J connectivity index is 1.74. The maximum absolute atomic E-state index is 13.1. The highest BCUT2D eigenvalue weighted by Gasteiger charge is 2.52. The van der Waals surface area contributed by atoms with E-state index < -0.39 is 36.3 Å². The lowest BCUT2D eigenvalue weighted by Gasteiger charge is -2.18. The summed E-state index contributed by atoms with van der Waals surface area (Å²) in [5, 5.41) is 16.8. The average Bonchev–Trinajstić information content (AvgIpc) is 3.14. The van der Waals surface area contributed by atoms with Crippen molar-refractivity contribution in [2.24, 2.45) is 11.8 Å². The molecule has 2 aromatic rings. The SMILES string of the molecule is O=C(O)[C@@H]1CN(Cc2cn(-c3ccc(F)cc3Cl)nn2)C[C@H]1C(F)(F)F. The second kappa shape index (κ2) is 6.84. The standard InChI is InChI=1S/C15H13ClF4N4O2/c16-12-3-8(17)1-2-13(12)24-5-9(21-22-24)4-23-6-10(14(25)26)11(7-23)15(18,19)20/h1-3,5,10-11H,4,6-7H2,(H,25,26)/t10-,11-/m1/s1. The van der Waals surface area contributed by atoms with Crippen LogP contribution in [0.3, 0.4) is 0 Å². The number of benzene rings is 1. The second-order valence-corrected chi connectivity index (χ2v) is 6.44. The van der Waals surface area contributed by atoms with E-state index in [-0.39, 0.29) is 18.1 Å². The molecular formula is C15H13ClF4N4O2. The highest BCUT2D eigenvalue weighted by atomic mass is 35.5. The van der Waals surface area contributed by atoms with Crippen LogP contribution in [0.1, 0.15) is 5.69 Å². The first-order valence-corrected chi connectivity index (χ1v) is 7.91. The van der Waals surface area contributed by atoms with Gasteiger partial charge in [0.05, 0.1) is 34.4 Å². The van der Waals surface area contributed by atoms with E-state index in [1.807, 2.05) is 0 Å². The fourth-order valence-corrected chi connectivity index (χ4v) is 3.23. The predicted octanol–water partition coefficient (Wildman–Crippen LogP) is 2.75. The zero-order valence-electron chi connectivity index (χ0n) is 13.1. The lowest BCUT2D eigenvalue weighted by Crippen LogP contribution is -2.33. The zero-order chi connectivity index (χ0) is 19.1. The number of aromatic nitrogens is 3. The van der Waals surface area contributed by atoms with Crippen molar-refractivity contribution in [2.45, 2.75) is 12.7 Å². The van der Waals surface area contributed by atoms with E-state index in [0.29, 0.717) is 11.4 Å². The molecule has 0 aliphatic carbocycles. The number of alkyl halides is 3. The van der Waals surface area contributed by atoms with E-state index in [4.69, 9.17) is 16.7 Å². The Bertz CT molecular complexity index is 826. The van der Waals surface area contributed by atoms with Crippen molar-refractivity contribution in [3.8, 4) is 5.69 Å². The van der Waals surface area contributed by atoms with Crippen LogP contribution >= 0.6 is 11.6 Å². The minimum atomic E-state index is -4.59. The highest BCUT2D eigenvalue weighted by molar-refractivity contribution is 6.32. The van der Waals surface area contributed by atoms with Crippen LogP contribution in [0.2, 0.25) is 5.02 Å². The van der Waals surface area contributed by atoms with Gasteiger partial charge in [-0.2, -0.15) is 13.2 Å². The van der Waals surface area contributed by atoms with E-state index in [9.17, 15) is 22.4 Å². The minimum absolute atomic E-state index is 0.00910. The molecule has 1 aromatic carbocycles. The molecule has 0 saturated carbocycles. The topological polar surface area (TPSA) is 71.2 Å². The van der Waals surface area contributed by atoms with Crippen LogP contribution in [0.15, 0.2) is 24.4 Å². The second-order valence-electron chi connectivity index (χ2n) is 6.04. The van der Waals surface area contributed by atoms with Gasteiger partial charge in [-0.05, 0) is 18.2 Å². The zero-order valence-corrected chi connectivity index (χ0v) is 13.9. The van der Waals surface area contributed by atoms with Gasteiger partial charge in [0.1, 0.15) is 5.82 Å². The van der Waals surface area contributed by atoms with E-state index in [1.54, 1.807) is 0 Å². The van der Waals surface area contributed by atoms with Gasteiger partial charge in [-0.3, -0.25) is 9.69 Å². The van der Waals surface area contributed by atoms with Gasteiger partial charge in [0.15, 0.2) is 0 Å². The third kappa shape index (κ3) is 3.80. The quantitative estimate of drug-likeness (QED) is 0.810. The van der Waals surface area contributed by atoms with E-state index in [2.05, 4.69) is 10.3 Å². The van der Waals surface area contributed by atoms with E-state index in [1.165, 1.54) is 27.9 Å². The molecule has 1 N–H and O–H groups in total. The van der Waals surface area contributed by atoms with Crippen LogP contribution in [-0.2, 0) is 11.3 Å². The Hall–Kier alpha value is -2.20. The van der Waals surface area contributed by atoms with E-state index >= 15 is 0 Å². The van der Waals surface area contributed by atoms with Crippen LogP contribution in [0.5, 0.6) is 0 Å². The molecule has 140 valence electrons. The van der Waals surface area contributed by atoms with Gasteiger partial charge in [-0.25, -0.2) is 9.07 Å². The van der Waals surface area contributed by atoms with Crippen molar-refractivity contribution in [1.29, 1.82) is 0 Å². The number of nitrogens with zero attached hydrogens (tertiary/aromatic N) is 4. The van der Waals surface area contributed by atoms with Gasteiger partial charge in [0.25, 0.3) is 0 Å². The third-order valence-corrected chi connectivity index (χ3v) is 4.52. The number of carboxylic acid groups (broad SMARTS) is 1. The molecule has 0 radical (unpaired) electrons. The summed E-state index contributed by atoms with van der Waals surface area (Å²) in [7, 11) is 0. The molecular weight excluding hydrogens is 380 g/mol. The van der Waals surface area contributed by atoms with Crippen molar-refractivity contribution >= 4 is 17.6 Å². The Kier molecular flexibility index (Phi) is 4.89. The predicted molar refractivity (Wildman–Crippen MR) is 82.3 cm³/mol. The van der Waals surface area contributed by atoms with Crippen molar-refractivity contribution in [1.82, 2.24) is 19.9 Å². The van der Waals surface area contributed by atoms with E-state index in [0.717, 1.165) is 6.07 Å². The fraction of sp³-hybridized carbons (Fsp3) is 0.400. The molecule has 2 atom stereocenters. The number of aliphatic carboxylic acids is 1. The summed E-state index contributed by atoms with van der Waals surface area (Å²) in [6.07, 6.45) is -3.13. The normalized spacial score (nSPS) is 21.3. The number of hydrogen-bond donors (Lipinski definition) is 1. The molecule has 1 aliphatic heterocycles. The number of halogens is 5. The van der Waals surface area contributed by atoms with Crippen molar-refractivity contribution in [3.63, 3.8) is 0 Å². The highest BCUT2D eigenvalue weighted by Crippen LogP contribution is 2.38. The van der Waals surface area contributed by atoms with Crippen LogP contribution in [0, 0.1) is 17.7 Å². The monoisotopic (exact) mass is 392 g/mol. The maximum Gasteiger partial charge on any atom is 0.393 e. The molecule has 2 heterocycles. The van der Waals surface area contributed by atoms with Crippen LogP contribution in [-0.4, -0.2) is 50.2 Å². The number of hydrogen-bond acceptors (Lipinski definition) is 4. The minimum Gasteiger partial charge on any atom is -0.481 e. The van der Waals surface area contributed by atoms with Crippen molar-refractivity contribution in [2.75, 3.05) is 13.1 Å². The summed E-state index contributed by atoms with van der Waals surface area (Å²) in [6.45, 7) is -0.649. The molecule has 0 unspecified atom stereocenters. The number of carboxylic acids is 1. The number of likely N-dealkylation sites (tertiary alicyclic amines) is 1. The first-order valence-electron chi connectivity index (χ1n) is 7.53. The maximum atomic E-state index is 13.1. The molecule has 1 fully saturated rings. The van der Waals surface area contributed by atoms with Gasteiger partial charge < -0.3 is 5.11 Å². The molecule has 0 amide bonds. The summed E-state index contributed by atoms with van der Waals surface area (Å²) in [5.74, 6) is -5.44. The lowest BCUT2D eigenvalue weighted by atomic mass is 9.96. The van der Waals surface area contributed by atoms with Crippen LogP contribution in [0.4, 0.5) is 17.6 Å². The lowest BCUT2D eigenvalue weighted by molar-refractivity contribution is -0.188. The van der Waals surface area contributed by atoms with Gasteiger partial charge >= 0.3 is 12.1 Å². The Morgan fingerprint density at radius 3 is 2.65 bits per heavy atom. The summed E-state index contributed by atoms with van der Waals surface area (Å²) in [6, 6.07) is 3.69. The van der Waals surface area contributed by atoms with Crippen molar-refractivity contribution < 1.29 is 27.5 Å². The van der Waals surface area contributed by atoms with Gasteiger partial charge in [-0.15, -0.1) is 5.10 Å². The van der Waals surface area contributed by atoms with Crippen LogP contribution < -0.4 is 0 Å². The third-order valence-electron chi connectivity index (χ3n) is 4.22. The summed E-state index contributed by atoms with van der Waals surface area (Å²) in [4.78, 5) is 12.5. The number of carbonyl (C=O) groups is 1. The largest absolute Gasteiger partial charge is 0.481 e. The summed E-state index contributed by atoms with van der Waals surface area (Å²) >= 11 is 5.94. The Morgan fingerprint density at radius 2 is 2.08 bits per heavy atom. The molecule has 0 bridgehead atoms. The molecule has 3 rings (SSSR count). The summed E-state index contributed by atoms with van der Waals surface area (Å²) in [5.41, 5.74) is 0.710. The summed E-state index contributed by atoms with van der Waals surface area (Å²) < 4.78 is 53.4. The molecule has 11 heteroatoms. The Labute approximate surface area is 150 Å². The molecule has 1 aromatic heterocycles. The number of rotatable bonds is 4. The Morgan fingerprint density at radius 1 is 1.35 bits per heavy atom.